The number of nitrogens with one attached hydrogen (secondary N) is 2. The molecular weight excluding hydrogens is 304 g/mol. The smallest absolute Gasteiger partial charge is 0.337 e. The number of unbranched alkanes of at least 4 members (excludes halogenated alkanes) is 1. The van der Waals surface area contributed by atoms with Gasteiger partial charge in [0.25, 0.3) is 0 Å². The van der Waals surface area contributed by atoms with Crippen LogP contribution in [-0.2, 0) is 6.42 Å². The van der Waals surface area contributed by atoms with Crippen LogP contribution in [0.1, 0.15) is 34.3 Å². The summed E-state index contributed by atoms with van der Waals surface area (Å²) in [6.07, 6.45) is 2.82. The lowest BCUT2D eigenvalue weighted by molar-refractivity contribution is 0.0698. The van der Waals surface area contributed by atoms with Crippen molar-refractivity contribution in [3.05, 3.63) is 65.2 Å². The normalized spacial score (nSPS) is 10.2. The first-order valence-corrected chi connectivity index (χ1v) is 7.99. The zero-order valence-corrected chi connectivity index (χ0v) is 13.7. The fourth-order valence-electron chi connectivity index (χ4n) is 2.47. The molecule has 0 spiro atoms. The van der Waals surface area contributed by atoms with Crippen LogP contribution in [0.3, 0.4) is 0 Å². The first kappa shape index (κ1) is 17.5. The average molecular weight is 326 g/mol. The number of amides is 2. The van der Waals surface area contributed by atoms with Gasteiger partial charge in [-0.25, -0.2) is 9.59 Å². The second-order valence-corrected chi connectivity index (χ2v) is 5.63. The number of rotatable bonds is 7. The van der Waals surface area contributed by atoms with Gasteiger partial charge < -0.3 is 15.7 Å². The molecule has 0 saturated carbocycles. The Morgan fingerprint density at radius 3 is 2.46 bits per heavy atom. The van der Waals surface area contributed by atoms with Crippen molar-refractivity contribution in [3.8, 4) is 0 Å². The van der Waals surface area contributed by atoms with Gasteiger partial charge in [-0.15, -0.1) is 0 Å². The van der Waals surface area contributed by atoms with Crippen molar-refractivity contribution in [2.24, 2.45) is 0 Å². The van der Waals surface area contributed by atoms with Crippen LogP contribution in [0, 0.1) is 6.92 Å². The first-order valence-electron chi connectivity index (χ1n) is 7.99. The van der Waals surface area contributed by atoms with E-state index >= 15 is 0 Å². The highest BCUT2D eigenvalue weighted by Crippen LogP contribution is 2.20. The van der Waals surface area contributed by atoms with Gasteiger partial charge in [0.2, 0.25) is 0 Å². The van der Waals surface area contributed by atoms with E-state index in [0.29, 0.717) is 17.8 Å². The number of hydrogen-bond donors (Lipinski definition) is 3. The Bertz CT molecular complexity index is 699. The predicted octanol–water partition coefficient (Wildman–Crippen LogP) is 3.84. The van der Waals surface area contributed by atoms with Crippen molar-refractivity contribution in [2.75, 3.05) is 11.9 Å². The molecule has 5 heteroatoms. The van der Waals surface area contributed by atoms with E-state index in [1.165, 1.54) is 11.6 Å². The van der Waals surface area contributed by atoms with E-state index in [1.54, 1.807) is 19.1 Å². The highest BCUT2D eigenvalue weighted by molar-refractivity contribution is 6.00. The van der Waals surface area contributed by atoms with Crippen molar-refractivity contribution < 1.29 is 14.7 Å². The maximum Gasteiger partial charge on any atom is 0.337 e. The number of carboxylic acids is 1. The topological polar surface area (TPSA) is 78.4 Å². The molecule has 0 saturated heterocycles. The fraction of sp³-hybridized carbons (Fsp3) is 0.263. The van der Waals surface area contributed by atoms with Crippen molar-refractivity contribution in [3.63, 3.8) is 0 Å². The van der Waals surface area contributed by atoms with Crippen molar-refractivity contribution in [1.82, 2.24) is 5.32 Å². The molecule has 126 valence electrons. The van der Waals surface area contributed by atoms with Crippen molar-refractivity contribution in [1.29, 1.82) is 0 Å². The van der Waals surface area contributed by atoms with Gasteiger partial charge in [-0.05, 0) is 43.4 Å². The Balaban J connectivity index is 1.77. The molecule has 0 heterocycles. The number of benzene rings is 2. The minimum atomic E-state index is -1.06. The highest BCUT2D eigenvalue weighted by Gasteiger charge is 2.13. The second-order valence-electron chi connectivity index (χ2n) is 5.63. The monoisotopic (exact) mass is 326 g/mol. The molecule has 0 fully saturated rings. The minimum absolute atomic E-state index is 0.0919. The molecular formula is C19H22N2O3. The van der Waals surface area contributed by atoms with E-state index in [9.17, 15) is 14.7 Å². The summed E-state index contributed by atoms with van der Waals surface area (Å²) < 4.78 is 0. The maximum atomic E-state index is 12.0. The number of carbonyl (C=O) groups excluding carboxylic acids is 1. The van der Waals surface area contributed by atoms with E-state index in [1.807, 2.05) is 18.2 Å². The van der Waals surface area contributed by atoms with E-state index in [-0.39, 0.29) is 11.6 Å². The molecule has 2 aromatic carbocycles. The molecule has 2 aromatic rings. The zero-order valence-electron chi connectivity index (χ0n) is 13.7. The van der Waals surface area contributed by atoms with Gasteiger partial charge in [0.1, 0.15) is 0 Å². The van der Waals surface area contributed by atoms with Gasteiger partial charge >= 0.3 is 12.0 Å². The van der Waals surface area contributed by atoms with Gasteiger partial charge in [0.05, 0.1) is 11.3 Å². The van der Waals surface area contributed by atoms with Crippen molar-refractivity contribution in [2.45, 2.75) is 26.2 Å². The summed E-state index contributed by atoms with van der Waals surface area (Å²) >= 11 is 0. The zero-order chi connectivity index (χ0) is 17.4. The molecule has 0 aliphatic heterocycles. The highest BCUT2D eigenvalue weighted by atomic mass is 16.4. The quantitative estimate of drug-likeness (QED) is 0.676. The minimum Gasteiger partial charge on any atom is -0.478 e. The Labute approximate surface area is 141 Å². The van der Waals surface area contributed by atoms with Gasteiger partial charge in [-0.3, -0.25) is 0 Å². The van der Waals surface area contributed by atoms with Gasteiger partial charge in [-0.2, -0.15) is 0 Å². The van der Waals surface area contributed by atoms with E-state index < -0.39 is 5.97 Å². The molecule has 24 heavy (non-hydrogen) atoms. The third kappa shape index (κ3) is 5.12. The van der Waals surface area contributed by atoms with Crippen LogP contribution in [0.5, 0.6) is 0 Å². The van der Waals surface area contributed by atoms with Crippen LogP contribution in [0.15, 0.2) is 48.5 Å². The maximum absolute atomic E-state index is 12.0. The summed E-state index contributed by atoms with van der Waals surface area (Å²) in [4.78, 5) is 23.2. The summed E-state index contributed by atoms with van der Waals surface area (Å²) in [5, 5.41) is 14.6. The Hall–Kier alpha value is -2.82. The van der Waals surface area contributed by atoms with E-state index in [2.05, 4.69) is 22.8 Å². The molecule has 0 unspecified atom stereocenters. The van der Waals surface area contributed by atoms with Crippen LogP contribution in [-0.4, -0.2) is 23.7 Å². The summed E-state index contributed by atoms with van der Waals surface area (Å²) in [6, 6.07) is 14.7. The largest absolute Gasteiger partial charge is 0.478 e. The third-order valence-corrected chi connectivity index (χ3v) is 3.76. The fourth-order valence-corrected chi connectivity index (χ4v) is 2.47. The standard InChI is InChI=1S/C19H22N2O3/c1-14-8-7-12-16(18(22)23)17(14)21-19(24)20-13-6-5-11-15-9-3-2-4-10-15/h2-4,7-10,12H,5-6,11,13H2,1H3,(H,22,23)(H2,20,21,24). The second kappa shape index (κ2) is 8.72. The van der Waals surface area contributed by atoms with Gasteiger partial charge in [0.15, 0.2) is 0 Å². The molecule has 5 nitrogen and oxygen atoms in total. The average Bonchev–Trinajstić information content (AvgIpc) is 2.57. The number of carbonyl (C=O) groups is 2. The number of aryl methyl sites for hydroxylation is 2. The summed E-state index contributed by atoms with van der Waals surface area (Å²) in [5.41, 5.74) is 2.43. The molecule has 2 amide bonds. The van der Waals surface area contributed by atoms with Gasteiger partial charge in [0, 0.05) is 6.54 Å². The van der Waals surface area contributed by atoms with Crippen LogP contribution in [0.4, 0.5) is 10.5 Å². The molecule has 0 bridgehead atoms. The number of para-hydroxylation sites is 1. The molecule has 0 atom stereocenters. The third-order valence-electron chi connectivity index (χ3n) is 3.76. The lowest BCUT2D eigenvalue weighted by Gasteiger charge is -2.12. The summed E-state index contributed by atoms with van der Waals surface area (Å²) in [6.45, 7) is 2.31. The SMILES string of the molecule is Cc1cccc(C(=O)O)c1NC(=O)NCCCCc1ccccc1. The molecule has 0 radical (unpaired) electrons. The van der Waals surface area contributed by atoms with Crippen LogP contribution in [0.2, 0.25) is 0 Å². The Morgan fingerprint density at radius 1 is 1.00 bits per heavy atom. The molecule has 0 aromatic heterocycles. The number of anilines is 1. The molecule has 0 aliphatic rings. The number of urea groups is 1. The molecule has 0 aliphatic carbocycles. The lowest BCUT2D eigenvalue weighted by Crippen LogP contribution is -2.30. The van der Waals surface area contributed by atoms with Gasteiger partial charge in [-0.1, -0.05) is 42.5 Å². The first-order chi connectivity index (χ1) is 11.6. The van der Waals surface area contributed by atoms with E-state index in [0.717, 1.165) is 19.3 Å². The molecule has 3 N–H and O–H groups in total. The van der Waals surface area contributed by atoms with Crippen LogP contribution < -0.4 is 10.6 Å². The Kier molecular flexibility index (Phi) is 6.37. The van der Waals surface area contributed by atoms with Crippen LogP contribution in [0.25, 0.3) is 0 Å². The predicted molar refractivity (Wildman–Crippen MR) is 94.5 cm³/mol. The number of carboxylic acid groups (broad SMARTS) is 1. The van der Waals surface area contributed by atoms with Crippen LogP contribution >= 0.6 is 0 Å². The number of hydrogen-bond acceptors (Lipinski definition) is 2. The summed E-state index contributed by atoms with van der Waals surface area (Å²) in [5.74, 6) is -1.06. The van der Waals surface area contributed by atoms with E-state index in [4.69, 9.17) is 0 Å². The lowest BCUT2D eigenvalue weighted by atomic mass is 10.1. The molecule has 2 rings (SSSR count). The van der Waals surface area contributed by atoms with Crippen molar-refractivity contribution >= 4 is 17.7 Å². The Morgan fingerprint density at radius 2 is 1.75 bits per heavy atom. The summed E-state index contributed by atoms with van der Waals surface area (Å²) in [7, 11) is 0. The number of aromatic carboxylic acids is 1.